The standard InChI is InChI=1S/C21H27N5O2/c1-21(2)17-18(24-11-25-20(17)23)15-9-8-14(10-16(15)19(21)26-27-3)28-13-6-4-12(22)5-7-13/h8-13H,4-7,22H2,1-3H3,(H2,23,24,25)/b26-19-. The molecule has 2 aliphatic carbocycles. The van der Waals surface area contributed by atoms with Crippen LogP contribution in [0.4, 0.5) is 5.82 Å². The minimum Gasteiger partial charge on any atom is -0.490 e. The predicted octanol–water partition coefficient (Wildman–Crippen LogP) is 3.02. The van der Waals surface area contributed by atoms with E-state index in [0.717, 1.165) is 59.5 Å². The maximum absolute atomic E-state index is 6.27. The highest BCUT2D eigenvalue weighted by Crippen LogP contribution is 2.45. The molecular formula is C21H27N5O2. The number of aromatic nitrogens is 2. The Labute approximate surface area is 165 Å². The average Bonchev–Trinajstić information content (AvgIpc) is 2.66. The molecule has 0 spiro atoms. The van der Waals surface area contributed by atoms with Crippen LogP contribution in [-0.4, -0.2) is 34.9 Å². The van der Waals surface area contributed by atoms with E-state index in [2.05, 4.69) is 29.0 Å². The summed E-state index contributed by atoms with van der Waals surface area (Å²) in [7, 11) is 1.55. The summed E-state index contributed by atoms with van der Waals surface area (Å²) in [5.41, 5.74) is 16.1. The van der Waals surface area contributed by atoms with Crippen LogP contribution in [0, 0.1) is 0 Å². The van der Waals surface area contributed by atoms with E-state index >= 15 is 0 Å². The van der Waals surface area contributed by atoms with Crippen molar-refractivity contribution in [3.8, 4) is 17.0 Å². The minimum atomic E-state index is -0.500. The zero-order chi connectivity index (χ0) is 19.9. The number of fused-ring (bicyclic) bond motifs is 3. The van der Waals surface area contributed by atoms with Crippen molar-refractivity contribution >= 4 is 11.5 Å². The molecule has 1 aromatic carbocycles. The Morgan fingerprint density at radius 2 is 1.86 bits per heavy atom. The molecule has 0 saturated heterocycles. The van der Waals surface area contributed by atoms with Gasteiger partial charge in [0, 0.05) is 28.1 Å². The topological polar surface area (TPSA) is 109 Å². The highest BCUT2D eigenvalue weighted by atomic mass is 16.6. The van der Waals surface area contributed by atoms with Gasteiger partial charge in [0.15, 0.2) is 0 Å². The fourth-order valence-corrected chi connectivity index (χ4v) is 4.33. The van der Waals surface area contributed by atoms with Crippen LogP contribution in [0.3, 0.4) is 0 Å². The fourth-order valence-electron chi connectivity index (χ4n) is 4.33. The first-order chi connectivity index (χ1) is 13.4. The molecule has 0 aliphatic heterocycles. The first-order valence-electron chi connectivity index (χ1n) is 9.71. The van der Waals surface area contributed by atoms with E-state index in [1.54, 1.807) is 7.11 Å². The summed E-state index contributed by atoms with van der Waals surface area (Å²) in [6.07, 6.45) is 5.67. The molecule has 7 heteroatoms. The van der Waals surface area contributed by atoms with Gasteiger partial charge in [-0.15, -0.1) is 0 Å². The lowest BCUT2D eigenvalue weighted by Crippen LogP contribution is -2.36. The Kier molecular flexibility index (Phi) is 4.71. The molecule has 0 radical (unpaired) electrons. The van der Waals surface area contributed by atoms with Crippen molar-refractivity contribution in [3.63, 3.8) is 0 Å². The Bertz CT molecular complexity index is 917. The van der Waals surface area contributed by atoms with E-state index in [1.807, 2.05) is 18.2 Å². The molecule has 0 bridgehead atoms. The minimum absolute atomic E-state index is 0.197. The molecule has 0 atom stereocenters. The van der Waals surface area contributed by atoms with E-state index in [-0.39, 0.29) is 6.10 Å². The van der Waals surface area contributed by atoms with Gasteiger partial charge in [0.2, 0.25) is 0 Å². The molecule has 0 amide bonds. The number of hydrogen-bond donors (Lipinski definition) is 2. The summed E-state index contributed by atoms with van der Waals surface area (Å²) < 4.78 is 6.27. The molecule has 7 nitrogen and oxygen atoms in total. The number of benzene rings is 1. The van der Waals surface area contributed by atoms with Gasteiger partial charge < -0.3 is 21.0 Å². The zero-order valence-corrected chi connectivity index (χ0v) is 16.6. The molecule has 148 valence electrons. The van der Waals surface area contributed by atoms with Gasteiger partial charge in [0.05, 0.1) is 17.5 Å². The van der Waals surface area contributed by atoms with Crippen LogP contribution in [0.1, 0.15) is 50.7 Å². The largest absolute Gasteiger partial charge is 0.490 e. The summed E-state index contributed by atoms with van der Waals surface area (Å²) in [4.78, 5) is 13.9. The van der Waals surface area contributed by atoms with E-state index < -0.39 is 5.41 Å². The monoisotopic (exact) mass is 381 g/mol. The van der Waals surface area contributed by atoms with Crippen LogP contribution in [-0.2, 0) is 10.3 Å². The summed E-state index contributed by atoms with van der Waals surface area (Å²) >= 11 is 0. The van der Waals surface area contributed by atoms with Gasteiger partial charge in [-0.3, -0.25) is 0 Å². The van der Waals surface area contributed by atoms with Crippen LogP contribution in [0.15, 0.2) is 29.7 Å². The van der Waals surface area contributed by atoms with E-state index in [9.17, 15) is 0 Å². The van der Waals surface area contributed by atoms with Crippen LogP contribution >= 0.6 is 0 Å². The maximum atomic E-state index is 6.27. The third-order valence-electron chi connectivity index (χ3n) is 5.80. The Hall–Kier alpha value is -2.67. The van der Waals surface area contributed by atoms with Crippen molar-refractivity contribution in [3.05, 3.63) is 35.7 Å². The van der Waals surface area contributed by atoms with Crippen molar-refractivity contribution < 1.29 is 9.57 Å². The second-order valence-corrected chi connectivity index (χ2v) is 8.09. The Balaban J connectivity index is 1.78. The molecule has 4 N–H and O–H groups in total. The number of nitrogens with two attached hydrogens (primary N) is 2. The summed E-state index contributed by atoms with van der Waals surface area (Å²) in [5, 5.41) is 4.35. The number of nitrogen functional groups attached to an aromatic ring is 1. The zero-order valence-electron chi connectivity index (χ0n) is 16.6. The molecule has 1 heterocycles. The molecule has 2 aliphatic rings. The van der Waals surface area contributed by atoms with Gasteiger partial charge in [0.25, 0.3) is 0 Å². The van der Waals surface area contributed by atoms with Gasteiger partial charge in [-0.1, -0.05) is 5.16 Å². The van der Waals surface area contributed by atoms with Crippen molar-refractivity contribution in [2.75, 3.05) is 12.8 Å². The van der Waals surface area contributed by atoms with Crippen molar-refractivity contribution in [1.82, 2.24) is 9.97 Å². The third-order valence-corrected chi connectivity index (χ3v) is 5.80. The molecule has 0 unspecified atom stereocenters. The number of rotatable bonds is 3. The van der Waals surface area contributed by atoms with Crippen LogP contribution in [0.5, 0.6) is 5.75 Å². The third kappa shape index (κ3) is 3.09. The average molecular weight is 381 g/mol. The first-order valence-corrected chi connectivity index (χ1v) is 9.71. The Morgan fingerprint density at radius 3 is 2.57 bits per heavy atom. The lowest BCUT2D eigenvalue weighted by Gasteiger charge is -2.35. The van der Waals surface area contributed by atoms with E-state index in [1.165, 1.54) is 6.33 Å². The first kappa shape index (κ1) is 18.7. The molecular weight excluding hydrogens is 354 g/mol. The number of anilines is 1. The van der Waals surface area contributed by atoms with E-state index in [4.69, 9.17) is 21.0 Å². The van der Waals surface area contributed by atoms with Crippen molar-refractivity contribution in [2.24, 2.45) is 10.9 Å². The van der Waals surface area contributed by atoms with Crippen LogP contribution < -0.4 is 16.2 Å². The van der Waals surface area contributed by atoms with Gasteiger partial charge >= 0.3 is 0 Å². The molecule has 1 fully saturated rings. The van der Waals surface area contributed by atoms with Gasteiger partial charge in [-0.05, 0) is 57.7 Å². The van der Waals surface area contributed by atoms with Crippen molar-refractivity contribution in [2.45, 2.75) is 57.1 Å². The predicted molar refractivity (Wildman–Crippen MR) is 109 cm³/mol. The van der Waals surface area contributed by atoms with Gasteiger partial charge in [-0.25, -0.2) is 9.97 Å². The van der Waals surface area contributed by atoms with Gasteiger partial charge in [-0.2, -0.15) is 0 Å². The maximum Gasteiger partial charge on any atom is 0.131 e. The SMILES string of the molecule is CO/N=C1/c2cc(OC3CCC(N)CC3)ccc2-c2ncnc(N)c2C1(C)C. The highest BCUT2D eigenvalue weighted by Gasteiger charge is 2.41. The van der Waals surface area contributed by atoms with E-state index in [0.29, 0.717) is 11.9 Å². The lowest BCUT2D eigenvalue weighted by molar-refractivity contribution is 0.147. The Morgan fingerprint density at radius 1 is 1.11 bits per heavy atom. The quantitative estimate of drug-likeness (QED) is 0.791. The second-order valence-electron chi connectivity index (χ2n) is 8.09. The van der Waals surface area contributed by atoms with Gasteiger partial charge in [0.1, 0.15) is 25.0 Å². The molecule has 1 aromatic heterocycles. The normalized spacial score (nSPS) is 24.4. The van der Waals surface area contributed by atoms with Crippen molar-refractivity contribution in [1.29, 1.82) is 0 Å². The fraction of sp³-hybridized carbons (Fsp3) is 0.476. The number of oxime groups is 1. The summed E-state index contributed by atoms with van der Waals surface area (Å²) in [6.45, 7) is 4.12. The van der Waals surface area contributed by atoms with Crippen LogP contribution in [0.25, 0.3) is 11.3 Å². The molecule has 1 saturated carbocycles. The lowest BCUT2D eigenvalue weighted by atomic mass is 9.70. The van der Waals surface area contributed by atoms with Crippen LogP contribution in [0.2, 0.25) is 0 Å². The summed E-state index contributed by atoms with van der Waals surface area (Å²) in [6, 6.07) is 6.33. The number of ether oxygens (including phenoxy) is 1. The second kappa shape index (κ2) is 7.05. The molecule has 28 heavy (non-hydrogen) atoms. The number of hydrogen-bond acceptors (Lipinski definition) is 7. The summed E-state index contributed by atoms with van der Waals surface area (Å²) in [5.74, 6) is 1.28. The number of nitrogens with zero attached hydrogens (tertiary/aromatic N) is 3. The molecule has 2 aromatic rings. The smallest absolute Gasteiger partial charge is 0.131 e. The highest BCUT2D eigenvalue weighted by molar-refractivity contribution is 6.15. The molecule has 4 rings (SSSR count).